The quantitative estimate of drug-likeness (QED) is 0.844. The molecule has 1 atom stereocenters. The topological polar surface area (TPSA) is 55.1 Å². The molecule has 1 saturated carbocycles. The molecule has 0 radical (unpaired) electrons. The molecule has 0 bridgehead atoms. The van der Waals surface area contributed by atoms with E-state index >= 15 is 0 Å². The van der Waals surface area contributed by atoms with Crippen LogP contribution in [0.3, 0.4) is 0 Å². The molecule has 0 saturated heterocycles. The Bertz CT molecular complexity index is 653. The number of hydrogen-bond acceptors (Lipinski definition) is 2. The molecule has 0 aliphatic heterocycles. The van der Waals surface area contributed by atoms with E-state index in [1.807, 2.05) is 30.3 Å². The van der Waals surface area contributed by atoms with Crippen LogP contribution >= 0.6 is 11.6 Å². The first-order chi connectivity index (χ1) is 10.1. The van der Waals surface area contributed by atoms with E-state index in [0.717, 1.165) is 18.4 Å². The summed E-state index contributed by atoms with van der Waals surface area (Å²) in [5.41, 5.74) is 7.82. The van der Waals surface area contributed by atoms with Crippen molar-refractivity contribution in [3.05, 3.63) is 64.7 Å². The van der Waals surface area contributed by atoms with Crippen LogP contribution in [0, 0.1) is 5.92 Å². The number of nitrogen functional groups attached to an aromatic ring is 1. The maximum atomic E-state index is 12.5. The smallest absolute Gasteiger partial charge is 0.253 e. The van der Waals surface area contributed by atoms with Gasteiger partial charge in [-0.25, -0.2) is 0 Å². The summed E-state index contributed by atoms with van der Waals surface area (Å²) in [5.74, 6) is 0.365. The van der Waals surface area contributed by atoms with E-state index in [2.05, 4.69) is 5.32 Å². The van der Waals surface area contributed by atoms with Crippen LogP contribution in [0.15, 0.2) is 48.5 Å². The Labute approximate surface area is 129 Å². The van der Waals surface area contributed by atoms with E-state index < -0.39 is 0 Å². The maximum absolute atomic E-state index is 12.5. The lowest BCUT2D eigenvalue weighted by atomic mass is 10.0. The predicted octanol–water partition coefficient (Wildman–Crippen LogP) is 3.80. The van der Waals surface area contributed by atoms with Gasteiger partial charge in [0, 0.05) is 5.69 Å². The summed E-state index contributed by atoms with van der Waals surface area (Å²) in [4.78, 5) is 12.5. The third kappa shape index (κ3) is 3.19. The summed E-state index contributed by atoms with van der Waals surface area (Å²) < 4.78 is 0. The SMILES string of the molecule is Nc1ccc(C(=O)NC(c2ccccc2)C2CC2)c(Cl)c1. The number of amides is 1. The van der Waals surface area contributed by atoms with Gasteiger partial charge in [-0.3, -0.25) is 4.79 Å². The average molecular weight is 301 g/mol. The van der Waals surface area contributed by atoms with Crippen LogP contribution in [0.5, 0.6) is 0 Å². The van der Waals surface area contributed by atoms with Crippen LogP contribution in [0.1, 0.15) is 34.8 Å². The molecule has 108 valence electrons. The van der Waals surface area contributed by atoms with Crippen molar-refractivity contribution in [2.24, 2.45) is 5.92 Å². The van der Waals surface area contributed by atoms with Crippen LogP contribution in [-0.2, 0) is 0 Å². The van der Waals surface area contributed by atoms with Crippen LogP contribution in [-0.4, -0.2) is 5.91 Å². The van der Waals surface area contributed by atoms with Crippen LogP contribution in [0.2, 0.25) is 5.02 Å². The molecule has 1 unspecified atom stereocenters. The normalized spacial score (nSPS) is 15.5. The Morgan fingerprint density at radius 1 is 1.19 bits per heavy atom. The zero-order valence-corrected chi connectivity index (χ0v) is 12.3. The largest absolute Gasteiger partial charge is 0.399 e. The minimum absolute atomic E-state index is 0.0484. The van der Waals surface area contributed by atoms with Crippen molar-refractivity contribution in [3.8, 4) is 0 Å². The molecule has 2 aromatic rings. The number of rotatable bonds is 4. The van der Waals surface area contributed by atoms with Gasteiger partial charge >= 0.3 is 0 Å². The van der Waals surface area contributed by atoms with Gasteiger partial charge in [0.05, 0.1) is 16.6 Å². The van der Waals surface area contributed by atoms with E-state index in [1.165, 1.54) is 0 Å². The first-order valence-corrected chi connectivity index (χ1v) is 7.44. The third-order valence-electron chi connectivity index (χ3n) is 3.78. The minimum Gasteiger partial charge on any atom is -0.399 e. The summed E-state index contributed by atoms with van der Waals surface area (Å²) in [6.45, 7) is 0. The van der Waals surface area contributed by atoms with E-state index in [4.69, 9.17) is 17.3 Å². The fraction of sp³-hybridized carbons (Fsp3) is 0.235. The van der Waals surface area contributed by atoms with Gasteiger partial charge in [-0.2, -0.15) is 0 Å². The lowest BCUT2D eigenvalue weighted by Gasteiger charge is -2.19. The van der Waals surface area contributed by atoms with E-state index in [0.29, 0.717) is 22.2 Å². The van der Waals surface area contributed by atoms with Crippen molar-refractivity contribution >= 4 is 23.2 Å². The van der Waals surface area contributed by atoms with Crippen LogP contribution < -0.4 is 11.1 Å². The van der Waals surface area contributed by atoms with Crippen molar-refractivity contribution in [1.29, 1.82) is 0 Å². The van der Waals surface area contributed by atoms with Crippen molar-refractivity contribution in [2.45, 2.75) is 18.9 Å². The molecule has 21 heavy (non-hydrogen) atoms. The Morgan fingerprint density at radius 2 is 1.90 bits per heavy atom. The third-order valence-corrected chi connectivity index (χ3v) is 4.09. The molecular weight excluding hydrogens is 284 g/mol. The lowest BCUT2D eigenvalue weighted by molar-refractivity contribution is 0.0932. The van der Waals surface area contributed by atoms with E-state index in [1.54, 1.807) is 18.2 Å². The van der Waals surface area contributed by atoms with Gasteiger partial charge < -0.3 is 11.1 Å². The highest BCUT2D eigenvalue weighted by Crippen LogP contribution is 2.41. The molecule has 0 aromatic heterocycles. The molecule has 4 heteroatoms. The zero-order chi connectivity index (χ0) is 14.8. The molecule has 1 aliphatic carbocycles. The zero-order valence-electron chi connectivity index (χ0n) is 11.6. The highest BCUT2D eigenvalue weighted by molar-refractivity contribution is 6.34. The summed E-state index contributed by atoms with van der Waals surface area (Å²) in [6.07, 6.45) is 2.30. The number of nitrogens with two attached hydrogens (primary N) is 1. The van der Waals surface area contributed by atoms with Crippen molar-refractivity contribution in [2.75, 3.05) is 5.73 Å². The highest BCUT2D eigenvalue weighted by Gasteiger charge is 2.33. The number of carbonyl (C=O) groups is 1. The van der Waals surface area contributed by atoms with Gasteiger partial charge in [-0.15, -0.1) is 0 Å². The van der Waals surface area contributed by atoms with Crippen molar-refractivity contribution in [1.82, 2.24) is 5.32 Å². The van der Waals surface area contributed by atoms with Gasteiger partial charge in [0.1, 0.15) is 0 Å². The highest BCUT2D eigenvalue weighted by atomic mass is 35.5. The van der Waals surface area contributed by atoms with Crippen molar-refractivity contribution < 1.29 is 4.79 Å². The number of anilines is 1. The van der Waals surface area contributed by atoms with Gasteiger partial charge in [-0.1, -0.05) is 41.9 Å². The first-order valence-electron chi connectivity index (χ1n) is 7.06. The predicted molar refractivity (Wildman–Crippen MR) is 85.2 cm³/mol. The fourth-order valence-electron chi connectivity index (χ4n) is 2.50. The number of benzene rings is 2. The maximum Gasteiger partial charge on any atom is 0.253 e. The fourth-order valence-corrected chi connectivity index (χ4v) is 2.77. The Balaban J connectivity index is 1.81. The molecule has 3 N–H and O–H groups in total. The summed E-state index contributed by atoms with van der Waals surface area (Å²) >= 11 is 6.11. The Kier molecular flexibility index (Phi) is 3.84. The van der Waals surface area contributed by atoms with Gasteiger partial charge in [-0.05, 0) is 42.5 Å². The van der Waals surface area contributed by atoms with Crippen LogP contribution in [0.25, 0.3) is 0 Å². The molecule has 1 fully saturated rings. The second kappa shape index (κ2) is 5.78. The first kappa shape index (κ1) is 14.0. The van der Waals surface area contributed by atoms with Crippen molar-refractivity contribution in [3.63, 3.8) is 0 Å². The monoisotopic (exact) mass is 300 g/mol. The molecule has 3 rings (SSSR count). The van der Waals surface area contributed by atoms with Crippen LogP contribution in [0.4, 0.5) is 5.69 Å². The summed E-state index contributed by atoms with van der Waals surface area (Å²) in [7, 11) is 0. The lowest BCUT2D eigenvalue weighted by Crippen LogP contribution is -2.30. The number of hydrogen-bond donors (Lipinski definition) is 2. The molecule has 1 aliphatic rings. The van der Waals surface area contributed by atoms with E-state index in [-0.39, 0.29) is 11.9 Å². The average Bonchev–Trinajstić information content (AvgIpc) is 3.30. The molecule has 0 heterocycles. The number of halogens is 1. The Morgan fingerprint density at radius 3 is 2.52 bits per heavy atom. The van der Waals surface area contributed by atoms with Gasteiger partial charge in [0.15, 0.2) is 0 Å². The summed E-state index contributed by atoms with van der Waals surface area (Å²) in [6, 6.07) is 15.1. The molecule has 2 aromatic carbocycles. The second-order valence-corrected chi connectivity index (χ2v) is 5.85. The minimum atomic E-state index is -0.152. The second-order valence-electron chi connectivity index (χ2n) is 5.44. The van der Waals surface area contributed by atoms with E-state index in [9.17, 15) is 4.79 Å². The molecule has 0 spiro atoms. The number of carbonyl (C=O) groups excluding carboxylic acids is 1. The summed E-state index contributed by atoms with van der Waals surface area (Å²) in [5, 5.41) is 3.49. The molecule has 3 nitrogen and oxygen atoms in total. The van der Waals surface area contributed by atoms with Gasteiger partial charge in [0.25, 0.3) is 5.91 Å². The van der Waals surface area contributed by atoms with Gasteiger partial charge in [0.2, 0.25) is 0 Å². The Hall–Kier alpha value is -2.00. The molecular formula is C17H17ClN2O. The standard InChI is InChI=1S/C17H17ClN2O/c18-15-10-13(19)8-9-14(15)17(21)20-16(12-6-7-12)11-4-2-1-3-5-11/h1-5,8-10,12,16H,6-7,19H2,(H,20,21). The number of nitrogens with one attached hydrogen (secondary N) is 1. The molecule has 1 amide bonds.